The zero-order valence-electron chi connectivity index (χ0n) is 11.9. The molecule has 8 heteroatoms. The first-order chi connectivity index (χ1) is 10.2. The van der Waals surface area contributed by atoms with Crippen molar-refractivity contribution < 1.29 is 18.4 Å². The van der Waals surface area contributed by atoms with Crippen molar-refractivity contribution in [1.29, 1.82) is 0 Å². The maximum absolute atomic E-state index is 12.3. The van der Waals surface area contributed by atoms with Gasteiger partial charge in [-0.25, -0.2) is 8.42 Å². The van der Waals surface area contributed by atoms with Gasteiger partial charge in [0.25, 0.3) is 10.0 Å². The van der Waals surface area contributed by atoms with Crippen LogP contribution in [0.2, 0.25) is 0 Å². The van der Waals surface area contributed by atoms with Gasteiger partial charge in [-0.15, -0.1) is 0 Å². The fourth-order valence-corrected chi connectivity index (χ4v) is 3.01. The van der Waals surface area contributed by atoms with Crippen LogP contribution >= 0.6 is 0 Å². The topological polar surface area (TPSA) is 110 Å². The lowest BCUT2D eigenvalue weighted by atomic mass is 10.1. The number of rotatable bonds is 4. The van der Waals surface area contributed by atoms with E-state index in [1.807, 2.05) is 13.0 Å². The summed E-state index contributed by atoms with van der Waals surface area (Å²) in [5.41, 5.74) is 1.34. The lowest BCUT2D eigenvalue weighted by Crippen LogP contribution is -2.14. The van der Waals surface area contributed by atoms with E-state index in [2.05, 4.69) is 4.72 Å². The Morgan fingerprint density at radius 1 is 1.14 bits per heavy atom. The summed E-state index contributed by atoms with van der Waals surface area (Å²) < 4.78 is 27.1. The van der Waals surface area contributed by atoms with Crippen LogP contribution in [0, 0.1) is 24.0 Å². The molecule has 0 bridgehead atoms. The molecule has 2 rings (SSSR count). The number of hydrogen-bond donors (Lipinski definition) is 2. The van der Waals surface area contributed by atoms with Gasteiger partial charge in [0.1, 0.15) is 0 Å². The van der Waals surface area contributed by atoms with Gasteiger partial charge in [0.2, 0.25) is 0 Å². The molecule has 2 aromatic rings. The van der Waals surface area contributed by atoms with E-state index >= 15 is 0 Å². The SMILES string of the molecule is Cc1ccc(C)c(NS(=O)(=O)c2ccc(O)c([N+](=O)[O-])c2)c1. The van der Waals surface area contributed by atoms with E-state index < -0.39 is 26.4 Å². The van der Waals surface area contributed by atoms with Gasteiger partial charge in [-0.1, -0.05) is 12.1 Å². The number of nitro groups is 1. The standard InChI is InChI=1S/C14H14N2O5S/c1-9-3-4-10(2)12(7-9)15-22(20,21)11-5-6-14(17)13(8-11)16(18)19/h3-8,15,17H,1-2H3. The van der Waals surface area contributed by atoms with E-state index in [9.17, 15) is 23.6 Å². The molecule has 22 heavy (non-hydrogen) atoms. The molecule has 2 N–H and O–H groups in total. The Bertz CT molecular complexity index is 846. The molecule has 0 saturated heterocycles. The summed E-state index contributed by atoms with van der Waals surface area (Å²) in [5, 5.41) is 20.2. The molecular formula is C14H14N2O5S. The summed E-state index contributed by atoms with van der Waals surface area (Å²) in [6.45, 7) is 3.57. The molecule has 0 aliphatic heterocycles. The molecule has 0 heterocycles. The minimum atomic E-state index is -3.99. The average molecular weight is 322 g/mol. The first-order valence-electron chi connectivity index (χ1n) is 6.28. The van der Waals surface area contributed by atoms with Crippen LogP contribution in [0.25, 0.3) is 0 Å². The minimum absolute atomic E-state index is 0.294. The van der Waals surface area contributed by atoms with Crippen LogP contribution in [0.1, 0.15) is 11.1 Å². The highest BCUT2D eigenvalue weighted by Gasteiger charge is 2.21. The molecule has 0 saturated carbocycles. The van der Waals surface area contributed by atoms with E-state index in [0.29, 0.717) is 5.69 Å². The predicted octanol–water partition coefficient (Wildman–Crippen LogP) is 2.72. The molecule has 0 radical (unpaired) electrons. The van der Waals surface area contributed by atoms with Crippen molar-refractivity contribution >= 4 is 21.4 Å². The summed E-state index contributed by atoms with van der Waals surface area (Å²) in [4.78, 5) is 9.65. The van der Waals surface area contributed by atoms with Crippen LogP contribution in [0.15, 0.2) is 41.3 Å². The third kappa shape index (κ3) is 3.17. The van der Waals surface area contributed by atoms with Crippen LogP contribution in [0.5, 0.6) is 5.75 Å². The number of anilines is 1. The molecule has 0 spiro atoms. The molecular weight excluding hydrogens is 308 g/mol. The van der Waals surface area contributed by atoms with Crippen molar-refractivity contribution in [3.05, 3.63) is 57.6 Å². The maximum atomic E-state index is 12.3. The monoisotopic (exact) mass is 322 g/mol. The van der Waals surface area contributed by atoms with Gasteiger partial charge in [-0.3, -0.25) is 14.8 Å². The molecule has 0 aromatic heterocycles. The van der Waals surface area contributed by atoms with Crippen LogP contribution in [-0.4, -0.2) is 18.4 Å². The third-order valence-corrected chi connectivity index (χ3v) is 4.45. The molecule has 0 unspecified atom stereocenters. The molecule has 0 amide bonds. The highest BCUT2D eigenvalue weighted by Crippen LogP contribution is 2.29. The summed E-state index contributed by atoms with van der Waals surface area (Å²) in [5.74, 6) is -0.587. The summed E-state index contributed by atoms with van der Waals surface area (Å²) in [6, 6.07) is 8.20. The van der Waals surface area contributed by atoms with Crippen LogP contribution in [0.4, 0.5) is 11.4 Å². The second-order valence-corrected chi connectivity index (χ2v) is 6.51. The molecule has 7 nitrogen and oxygen atoms in total. The van der Waals surface area contributed by atoms with E-state index in [-0.39, 0.29) is 4.90 Å². The first-order valence-corrected chi connectivity index (χ1v) is 7.76. The van der Waals surface area contributed by atoms with Gasteiger partial charge in [-0.2, -0.15) is 0 Å². The smallest absolute Gasteiger partial charge is 0.312 e. The number of nitro benzene ring substituents is 1. The van der Waals surface area contributed by atoms with Gasteiger partial charge >= 0.3 is 5.69 Å². The number of aromatic hydroxyl groups is 1. The van der Waals surface area contributed by atoms with Crippen molar-refractivity contribution in [2.45, 2.75) is 18.7 Å². The lowest BCUT2D eigenvalue weighted by Gasteiger charge is -2.11. The summed E-state index contributed by atoms with van der Waals surface area (Å²) >= 11 is 0. The summed E-state index contributed by atoms with van der Waals surface area (Å²) in [7, 11) is -3.99. The normalized spacial score (nSPS) is 11.2. The lowest BCUT2D eigenvalue weighted by molar-refractivity contribution is -0.386. The highest BCUT2D eigenvalue weighted by atomic mass is 32.2. The van der Waals surface area contributed by atoms with Gasteiger partial charge in [-0.05, 0) is 43.2 Å². The zero-order valence-corrected chi connectivity index (χ0v) is 12.7. The first kappa shape index (κ1) is 15.8. The van der Waals surface area contributed by atoms with Crippen molar-refractivity contribution in [3.8, 4) is 5.75 Å². The average Bonchev–Trinajstić information content (AvgIpc) is 2.42. The molecule has 0 fully saturated rings. The van der Waals surface area contributed by atoms with E-state index in [0.717, 1.165) is 29.3 Å². The Morgan fingerprint density at radius 3 is 2.45 bits per heavy atom. The number of nitrogens with one attached hydrogen (secondary N) is 1. The van der Waals surface area contributed by atoms with E-state index in [1.165, 1.54) is 0 Å². The number of phenolic OH excluding ortho intramolecular Hbond substituents is 1. The Hall–Kier alpha value is -2.61. The fourth-order valence-electron chi connectivity index (χ4n) is 1.87. The van der Waals surface area contributed by atoms with Crippen LogP contribution in [0.3, 0.4) is 0 Å². The number of sulfonamides is 1. The zero-order chi connectivity index (χ0) is 16.5. The second kappa shape index (κ2) is 5.64. The predicted molar refractivity (Wildman–Crippen MR) is 81.5 cm³/mol. The number of hydrogen-bond acceptors (Lipinski definition) is 5. The van der Waals surface area contributed by atoms with Crippen molar-refractivity contribution in [2.75, 3.05) is 4.72 Å². The second-order valence-electron chi connectivity index (χ2n) is 4.83. The molecule has 0 aliphatic rings. The van der Waals surface area contributed by atoms with Crippen molar-refractivity contribution in [3.63, 3.8) is 0 Å². The van der Waals surface area contributed by atoms with E-state index in [4.69, 9.17) is 0 Å². The quantitative estimate of drug-likeness (QED) is 0.664. The van der Waals surface area contributed by atoms with Crippen LogP contribution < -0.4 is 4.72 Å². The number of aryl methyl sites for hydroxylation is 2. The fraction of sp³-hybridized carbons (Fsp3) is 0.143. The van der Waals surface area contributed by atoms with Gasteiger partial charge in [0, 0.05) is 6.07 Å². The Labute approximate surface area is 127 Å². The van der Waals surface area contributed by atoms with Crippen molar-refractivity contribution in [2.24, 2.45) is 0 Å². The molecule has 2 aromatic carbocycles. The Morgan fingerprint density at radius 2 is 1.82 bits per heavy atom. The number of benzene rings is 2. The van der Waals surface area contributed by atoms with Gasteiger partial charge in [0.05, 0.1) is 15.5 Å². The largest absolute Gasteiger partial charge is 0.502 e. The molecule has 116 valence electrons. The number of phenols is 1. The third-order valence-electron chi connectivity index (χ3n) is 3.09. The molecule has 0 aliphatic carbocycles. The summed E-state index contributed by atoms with van der Waals surface area (Å²) in [6.07, 6.45) is 0. The highest BCUT2D eigenvalue weighted by molar-refractivity contribution is 7.92. The van der Waals surface area contributed by atoms with Crippen molar-refractivity contribution in [1.82, 2.24) is 0 Å². The maximum Gasteiger partial charge on any atom is 0.312 e. The van der Waals surface area contributed by atoms with Crippen LogP contribution in [-0.2, 0) is 10.0 Å². The Balaban J connectivity index is 2.45. The molecule has 0 atom stereocenters. The van der Waals surface area contributed by atoms with Gasteiger partial charge < -0.3 is 5.11 Å². The minimum Gasteiger partial charge on any atom is -0.502 e. The number of nitrogens with zero attached hydrogens (tertiary/aromatic N) is 1. The van der Waals surface area contributed by atoms with E-state index in [1.54, 1.807) is 19.1 Å². The Kier molecular flexibility index (Phi) is 4.05. The van der Waals surface area contributed by atoms with Gasteiger partial charge in [0.15, 0.2) is 5.75 Å².